The van der Waals surface area contributed by atoms with Crippen LogP contribution >= 0.6 is 22.9 Å². The molecular weight excluding hydrogens is 375 g/mol. The van der Waals surface area contributed by atoms with Crippen molar-refractivity contribution in [3.8, 4) is 0 Å². The summed E-state index contributed by atoms with van der Waals surface area (Å²) in [4.78, 5) is 0. The Kier molecular flexibility index (Phi) is 4.51. The molecule has 0 saturated heterocycles. The van der Waals surface area contributed by atoms with Crippen molar-refractivity contribution in [1.29, 1.82) is 0 Å². The van der Waals surface area contributed by atoms with E-state index in [1.54, 1.807) is 25.2 Å². The molecule has 138 valence electrons. The molecule has 4 rings (SSSR count). The number of rotatable bonds is 4. The fourth-order valence-corrected chi connectivity index (χ4v) is 4.66. The van der Waals surface area contributed by atoms with Gasteiger partial charge < -0.3 is 9.76 Å². The van der Waals surface area contributed by atoms with Gasteiger partial charge in [0.1, 0.15) is 0 Å². The zero-order valence-electron chi connectivity index (χ0n) is 16.0. The molecule has 0 aliphatic carbocycles. The molecule has 0 bridgehead atoms. The summed E-state index contributed by atoms with van der Waals surface area (Å²) in [6, 6.07) is 16.8. The van der Waals surface area contributed by atoms with Gasteiger partial charge in [-0.05, 0) is 62.1 Å². The van der Waals surface area contributed by atoms with E-state index in [1.165, 1.54) is 30.9 Å². The monoisotopic (exact) mass is 396 g/mol. The van der Waals surface area contributed by atoms with Crippen LogP contribution in [0.4, 0.5) is 0 Å². The molecule has 1 N–H and O–H groups in total. The number of halogens is 1. The second-order valence-corrected chi connectivity index (χ2v) is 9.55. The van der Waals surface area contributed by atoms with E-state index in [9.17, 15) is 5.11 Å². The van der Waals surface area contributed by atoms with Gasteiger partial charge in [-0.25, -0.2) is 0 Å². The molecule has 0 aliphatic heterocycles. The van der Waals surface area contributed by atoms with Gasteiger partial charge in [-0.15, -0.1) is 11.3 Å². The van der Waals surface area contributed by atoms with Crippen LogP contribution in [0.25, 0.3) is 30.9 Å². The predicted molar refractivity (Wildman–Crippen MR) is 120 cm³/mol. The van der Waals surface area contributed by atoms with Crippen molar-refractivity contribution in [2.24, 2.45) is 0 Å². The van der Waals surface area contributed by atoms with Crippen molar-refractivity contribution in [2.45, 2.75) is 38.9 Å². The molecule has 0 radical (unpaired) electrons. The van der Waals surface area contributed by atoms with E-state index in [2.05, 4.69) is 36.4 Å². The highest BCUT2D eigenvalue weighted by molar-refractivity contribution is 7.27. The molecule has 1 aromatic heterocycles. The van der Waals surface area contributed by atoms with Crippen molar-refractivity contribution < 1.29 is 9.76 Å². The van der Waals surface area contributed by atoms with Crippen molar-refractivity contribution in [3.63, 3.8) is 0 Å². The Morgan fingerprint density at radius 3 is 2.48 bits per heavy atom. The van der Waals surface area contributed by atoms with E-state index in [1.807, 2.05) is 26.0 Å². The van der Waals surface area contributed by atoms with Gasteiger partial charge >= 0.3 is 7.48 Å². The first-order chi connectivity index (χ1) is 12.7. The van der Waals surface area contributed by atoms with E-state index >= 15 is 0 Å². The second-order valence-electron chi connectivity index (χ2n) is 8.06. The van der Waals surface area contributed by atoms with Crippen molar-refractivity contribution in [3.05, 3.63) is 53.6 Å². The highest BCUT2D eigenvalue weighted by Gasteiger charge is 2.35. The van der Waals surface area contributed by atoms with Crippen LogP contribution in [0, 0.1) is 0 Å². The first-order valence-corrected chi connectivity index (χ1v) is 10.3. The van der Waals surface area contributed by atoms with Crippen LogP contribution in [0.3, 0.4) is 0 Å². The summed E-state index contributed by atoms with van der Waals surface area (Å²) in [6.07, 6.45) is 0. The van der Waals surface area contributed by atoms with Crippen molar-refractivity contribution >= 4 is 66.8 Å². The molecule has 27 heavy (non-hydrogen) atoms. The summed E-state index contributed by atoms with van der Waals surface area (Å²) in [5.41, 5.74) is -0.563. The Morgan fingerprint density at radius 1 is 1.00 bits per heavy atom. The Labute approximate surface area is 169 Å². The van der Waals surface area contributed by atoms with Crippen LogP contribution in [0.15, 0.2) is 48.5 Å². The molecule has 0 aliphatic rings. The number of hydrogen-bond acceptors (Lipinski definition) is 3. The first kappa shape index (κ1) is 18.8. The van der Waals surface area contributed by atoms with Crippen molar-refractivity contribution in [1.82, 2.24) is 0 Å². The average Bonchev–Trinajstić information content (AvgIpc) is 2.97. The minimum Gasteiger partial charge on any atom is -0.427 e. The van der Waals surface area contributed by atoms with E-state index in [0.29, 0.717) is 12.5 Å². The lowest BCUT2D eigenvalue weighted by molar-refractivity contribution is -0.0893. The minimum atomic E-state index is -0.943. The zero-order chi connectivity index (χ0) is 19.4. The molecule has 1 heterocycles. The summed E-state index contributed by atoms with van der Waals surface area (Å²) in [5.74, 6) is 0. The largest absolute Gasteiger partial charge is 0.427 e. The number of benzene rings is 3. The Bertz CT molecular complexity index is 1160. The number of thiophene rings is 1. The molecule has 0 spiro atoms. The summed E-state index contributed by atoms with van der Waals surface area (Å²) in [7, 11) is 0.402. The van der Waals surface area contributed by atoms with Crippen LogP contribution in [-0.4, -0.2) is 23.8 Å². The SMILES string of the molecule is CC(C)(O)C(C)(C)OBc1cc(Cl)cc2c1sc1ccc3ccccc3c12. The quantitative estimate of drug-likeness (QED) is 0.468. The van der Waals surface area contributed by atoms with Gasteiger partial charge in [-0.3, -0.25) is 0 Å². The Hall–Kier alpha value is -1.59. The van der Waals surface area contributed by atoms with E-state index < -0.39 is 11.2 Å². The zero-order valence-corrected chi connectivity index (χ0v) is 17.5. The van der Waals surface area contributed by atoms with Crippen molar-refractivity contribution in [2.75, 3.05) is 0 Å². The molecule has 3 aromatic carbocycles. The normalized spacial score (nSPS) is 13.0. The molecule has 0 saturated carbocycles. The van der Waals surface area contributed by atoms with Gasteiger partial charge in [0.15, 0.2) is 0 Å². The lowest BCUT2D eigenvalue weighted by atomic mass is 9.82. The molecule has 0 atom stereocenters. The summed E-state index contributed by atoms with van der Waals surface area (Å²) in [6.45, 7) is 7.36. The van der Waals surface area contributed by atoms with Gasteiger partial charge in [0.05, 0.1) is 11.2 Å². The lowest BCUT2D eigenvalue weighted by Gasteiger charge is -2.37. The van der Waals surface area contributed by atoms with Gasteiger partial charge in [0.25, 0.3) is 0 Å². The molecule has 0 unspecified atom stereocenters. The van der Waals surface area contributed by atoms with E-state index in [4.69, 9.17) is 16.3 Å². The van der Waals surface area contributed by atoms with Gasteiger partial charge in [0, 0.05) is 25.2 Å². The third-order valence-electron chi connectivity index (χ3n) is 5.56. The summed E-state index contributed by atoms with van der Waals surface area (Å²) < 4.78 is 8.56. The third-order valence-corrected chi connectivity index (χ3v) is 7.03. The lowest BCUT2D eigenvalue weighted by Crippen LogP contribution is -2.49. The number of aliphatic hydroxyl groups is 1. The first-order valence-electron chi connectivity index (χ1n) is 9.06. The maximum atomic E-state index is 10.4. The standard InChI is InChI=1S/C22H22BClO2S/c1-21(2,25)22(3,4)26-23-17-12-14(24)11-16-19-15-8-6-5-7-13(15)9-10-18(19)27-20(16)17/h5-12,23,25H,1-4H3. The topological polar surface area (TPSA) is 29.5 Å². The van der Waals surface area contributed by atoms with Crippen LogP contribution in [0.2, 0.25) is 5.02 Å². The summed E-state index contributed by atoms with van der Waals surface area (Å²) in [5, 5.41) is 16.0. The fraction of sp³-hybridized carbons (Fsp3) is 0.273. The van der Waals surface area contributed by atoms with E-state index in [-0.39, 0.29) is 0 Å². The van der Waals surface area contributed by atoms with Crippen LogP contribution in [0.5, 0.6) is 0 Å². The maximum Gasteiger partial charge on any atom is 0.310 e. The van der Waals surface area contributed by atoms with Crippen LogP contribution in [-0.2, 0) is 4.65 Å². The smallest absolute Gasteiger partial charge is 0.310 e. The molecular formula is C22H22BClO2S. The molecule has 0 fully saturated rings. The Balaban J connectivity index is 1.89. The minimum absolute atomic E-state index is 0.402. The van der Waals surface area contributed by atoms with Crippen LogP contribution in [0.1, 0.15) is 27.7 Å². The highest BCUT2D eigenvalue weighted by atomic mass is 35.5. The molecule has 5 heteroatoms. The highest BCUT2D eigenvalue weighted by Crippen LogP contribution is 2.38. The number of fused-ring (bicyclic) bond motifs is 5. The Morgan fingerprint density at radius 2 is 1.74 bits per heavy atom. The van der Waals surface area contributed by atoms with E-state index in [0.717, 1.165) is 5.46 Å². The van der Waals surface area contributed by atoms with Gasteiger partial charge in [-0.1, -0.05) is 41.9 Å². The predicted octanol–water partition coefficient (Wildman–Crippen LogP) is 5.40. The third kappa shape index (κ3) is 3.25. The molecule has 0 amide bonds. The maximum absolute atomic E-state index is 10.4. The summed E-state index contributed by atoms with van der Waals surface area (Å²) >= 11 is 8.24. The average molecular weight is 397 g/mol. The fourth-order valence-electron chi connectivity index (χ4n) is 3.22. The molecule has 4 aromatic rings. The second kappa shape index (κ2) is 6.49. The van der Waals surface area contributed by atoms with Gasteiger partial charge in [-0.2, -0.15) is 0 Å². The molecule has 2 nitrogen and oxygen atoms in total. The number of hydrogen-bond donors (Lipinski definition) is 1. The van der Waals surface area contributed by atoms with Gasteiger partial charge in [0.2, 0.25) is 0 Å². The van der Waals surface area contributed by atoms with Crippen LogP contribution < -0.4 is 5.46 Å².